The third-order valence-electron chi connectivity index (χ3n) is 3.13. The van der Waals surface area contributed by atoms with Crippen molar-refractivity contribution in [3.8, 4) is 11.8 Å². The van der Waals surface area contributed by atoms with Crippen molar-refractivity contribution in [1.82, 2.24) is 5.32 Å². The first-order valence-electron chi connectivity index (χ1n) is 6.91. The smallest absolute Gasteiger partial charge is 0.244 e. The van der Waals surface area contributed by atoms with Gasteiger partial charge in [-0.15, -0.1) is 0 Å². The van der Waals surface area contributed by atoms with Gasteiger partial charge in [0.15, 0.2) is 0 Å². The van der Waals surface area contributed by atoms with Gasteiger partial charge < -0.3 is 10.1 Å². The van der Waals surface area contributed by atoms with Gasteiger partial charge in [0.25, 0.3) is 0 Å². The molecule has 0 spiro atoms. The van der Waals surface area contributed by atoms with E-state index in [9.17, 15) is 4.79 Å². The second-order valence-corrected chi connectivity index (χ2v) is 5.67. The second-order valence-electron chi connectivity index (χ2n) is 4.75. The fraction of sp³-hybridized carbons (Fsp3) is 0.111. The molecule has 0 aromatic heterocycles. The number of hydrogen-bond donors (Lipinski definition) is 1. The number of halogens is 1. The maximum Gasteiger partial charge on any atom is 0.244 e. The highest BCUT2D eigenvalue weighted by Gasteiger charge is 2.02. The van der Waals surface area contributed by atoms with E-state index in [2.05, 4.69) is 27.3 Å². The summed E-state index contributed by atoms with van der Waals surface area (Å²) in [5, 5.41) is 11.6. The molecule has 0 radical (unpaired) electrons. The Morgan fingerprint density at radius 1 is 1.35 bits per heavy atom. The zero-order valence-corrected chi connectivity index (χ0v) is 14.1. The number of ether oxygens (including phenoxy) is 1. The number of nitrogens with one attached hydrogen (secondary N) is 1. The van der Waals surface area contributed by atoms with Crippen LogP contribution in [0.2, 0.25) is 0 Å². The summed E-state index contributed by atoms with van der Waals surface area (Å²) >= 11 is 3.39. The molecule has 0 saturated carbocycles. The Labute approximate surface area is 143 Å². The van der Waals surface area contributed by atoms with Crippen LogP contribution in [0.3, 0.4) is 0 Å². The minimum atomic E-state index is -0.214. The Bertz CT molecular complexity index is 779. The van der Waals surface area contributed by atoms with Crippen molar-refractivity contribution < 1.29 is 9.53 Å². The van der Waals surface area contributed by atoms with Crippen LogP contribution in [0, 0.1) is 11.3 Å². The number of carbonyl (C=O) groups is 1. The van der Waals surface area contributed by atoms with Crippen molar-refractivity contribution in [2.45, 2.75) is 6.54 Å². The van der Waals surface area contributed by atoms with Gasteiger partial charge in [0, 0.05) is 22.7 Å². The molecule has 23 heavy (non-hydrogen) atoms. The van der Waals surface area contributed by atoms with Gasteiger partial charge in [-0.1, -0.05) is 28.1 Å². The van der Waals surface area contributed by atoms with Crippen molar-refractivity contribution in [3.05, 3.63) is 69.7 Å². The van der Waals surface area contributed by atoms with E-state index in [0.29, 0.717) is 17.9 Å². The fourth-order valence-electron chi connectivity index (χ4n) is 2.00. The fourth-order valence-corrected chi connectivity index (χ4v) is 2.38. The number of amides is 1. The quantitative estimate of drug-likeness (QED) is 0.816. The zero-order chi connectivity index (χ0) is 16.7. The van der Waals surface area contributed by atoms with E-state index >= 15 is 0 Å². The van der Waals surface area contributed by atoms with Gasteiger partial charge in [-0.2, -0.15) is 5.26 Å². The lowest BCUT2D eigenvalue weighted by molar-refractivity contribution is -0.116. The summed E-state index contributed by atoms with van der Waals surface area (Å²) in [7, 11) is 1.59. The summed E-state index contributed by atoms with van der Waals surface area (Å²) in [6.07, 6.45) is 3.16. The highest BCUT2D eigenvalue weighted by molar-refractivity contribution is 9.10. The maximum absolute atomic E-state index is 11.9. The summed E-state index contributed by atoms with van der Waals surface area (Å²) in [6, 6.07) is 14.8. The minimum Gasteiger partial charge on any atom is -0.496 e. The molecule has 0 saturated heterocycles. The molecule has 0 aliphatic carbocycles. The van der Waals surface area contributed by atoms with Crippen LogP contribution in [0.5, 0.6) is 5.75 Å². The van der Waals surface area contributed by atoms with Gasteiger partial charge in [-0.3, -0.25) is 4.79 Å². The molecule has 0 heterocycles. The maximum atomic E-state index is 11.9. The molecule has 0 fully saturated rings. The number of hydrogen-bond acceptors (Lipinski definition) is 3. The Morgan fingerprint density at radius 3 is 2.91 bits per heavy atom. The van der Waals surface area contributed by atoms with E-state index in [1.165, 1.54) is 6.08 Å². The number of nitriles is 1. The SMILES string of the molecule is COc1ccc(Br)cc1/C=C/C(=O)NCc1cccc(C#N)c1. The van der Waals surface area contributed by atoms with E-state index < -0.39 is 0 Å². The number of carbonyl (C=O) groups excluding carboxylic acids is 1. The molecule has 2 aromatic rings. The number of benzene rings is 2. The van der Waals surface area contributed by atoms with Crippen LogP contribution in [0.25, 0.3) is 6.08 Å². The van der Waals surface area contributed by atoms with Crippen LogP contribution in [-0.2, 0) is 11.3 Å². The van der Waals surface area contributed by atoms with Crippen LogP contribution in [-0.4, -0.2) is 13.0 Å². The van der Waals surface area contributed by atoms with E-state index in [-0.39, 0.29) is 5.91 Å². The molecule has 0 bridgehead atoms. The van der Waals surface area contributed by atoms with Crippen LogP contribution in [0.15, 0.2) is 53.0 Å². The standard InChI is InChI=1S/C18H15BrN2O2/c1-23-17-7-6-16(19)10-15(17)5-8-18(22)21-12-14-4-2-3-13(9-14)11-20/h2-10H,12H2,1H3,(H,21,22)/b8-5+. The lowest BCUT2D eigenvalue weighted by atomic mass is 10.1. The highest BCUT2D eigenvalue weighted by atomic mass is 79.9. The first-order chi connectivity index (χ1) is 11.1. The highest BCUT2D eigenvalue weighted by Crippen LogP contribution is 2.24. The van der Waals surface area contributed by atoms with Gasteiger partial charge in [0.05, 0.1) is 18.7 Å². The van der Waals surface area contributed by atoms with Crippen molar-refractivity contribution in [1.29, 1.82) is 5.26 Å². The predicted molar refractivity (Wildman–Crippen MR) is 92.7 cm³/mol. The molecule has 0 unspecified atom stereocenters. The molecular formula is C18H15BrN2O2. The molecular weight excluding hydrogens is 356 g/mol. The molecule has 0 aliphatic heterocycles. The van der Waals surface area contributed by atoms with Gasteiger partial charge >= 0.3 is 0 Å². The molecule has 116 valence electrons. The molecule has 1 N–H and O–H groups in total. The van der Waals surface area contributed by atoms with E-state index in [4.69, 9.17) is 10.00 Å². The van der Waals surface area contributed by atoms with Crippen LogP contribution in [0.1, 0.15) is 16.7 Å². The van der Waals surface area contributed by atoms with Crippen LogP contribution < -0.4 is 10.1 Å². The molecule has 4 nitrogen and oxygen atoms in total. The average molecular weight is 371 g/mol. The van der Waals surface area contributed by atoms with E-state index in [0.717, 1.165) is 15.6 Å². The first-order valence-corrected chi connectivity index (χ1v) is 7.70. The topological polar surface area (TPSA) is 62.1 Å². The van der Waals surface area contributed by atoms with Gasteiger partial charge in [-0.25, -0.2) is 0 Å². The Balaban J connectivity index is 1.99. The molecule has 5 heteroatoms. The van der Waals surface area contributed by atoms with Crippen molar-refractivity contribution in [2.75, 3.05) is 7.11 Å². The Hall–Kier alpha value is -2.58. The summed E-state index contributed by atoms with van der Waals surface area (Å²) < 4.78 is 6.16. The summed E-state index contributed by atoms with van der Waals surface area (Å²) in [5.74, 6) is 0.480. The van der Waals surface area contributed by atoms with Crippen molar-refractivity contribution in [3.63, 3.8) is 0 Å². The summed E-state index contributed by atoms with van der Waals surface area (Å²) in [6.45, 7) is 0.369. The van der Waals surface area contributed by atoms with E-state index in [1.54, 1.807) is 31.4 Å². The van der Waals surface area contributed by atoms with Gasteiger partial charge in [-0.05, 0) is 42.0 Å². The molecule has 0 atom stereocenters. The Kier molecular flexibility index (Phi) is 5.95. The summed E-state index contributed by atoms with van der Waals surface area (Å²) in [4.78, 5) is 11.9. The number of rotatable bonds is 5. The average Bonchev–Trinajstić information content (AvgIpc) is 2.58. The predicted octanol–water partition coefficient (Wildman–Crippen LogP) is 3.66. The molecule has 1 amide bonds. The number of methoxy groups -OCH3 is 1. The lowest BCUT2D eigenvalue weighted by Crippen LogP contribution is -2.20. The second kappa shape index (κ2) is 8.16. The van der Waals surface area contributed by atoms with Crippen molar-refractivity contribution >= 4 is 27.9 Å². The molecule has 2 rings (SSSR count). The van der Waals surface area contributed by atoms with Gasteiger partial charge in [0.1, 0.15) is 5.75 Å². The van der Waals surface area contributed by atoms with Crippen LogP contribution in [0.4, 0.5) is 0 Å². The minimum absolute atomic E-state index is 0.214. The number of nitrogens with zero attached hydrogens (tertiary/aromatic N) is 1. The third-order valence-corrected chi connectivity index (χ3v) is 3.62. The molecule has 0 aliphatic rings. The lowest BCUT2D eigenvalue weighted by Gasteiger charge is -2.05. The normalized spacial score (nSPS) is 10.3. The first kappa shape index (κ1) is 16.8. The monoisotopic (exact) mass is 370 g/mol. The van der Waals surface area contributed by atoms with Crippen LogP contribution >= 0.6 is 15.9 Å². The van der Waals surface area contributed by atoms with E-state index in [1.807, 2.05) is 24.3 Å². The third kappa shape index (κ3) is 4.97. The summed E-state index contributed by atoms with van der Waals surface area (Å²) in [5.41, 5.74) is 2.26. The molecule has 2 aromatic carbocycles. The zero-order valence-electron chi connectivity index (χ0n) is 12.5. The largest absolute Gasteiger partial charge is 0.496 e. The Morgan fingerprint density at radius 2 is 2.17 bits per heavy atom. The van der Waals surface area contributed by atoms with Crippen molar-refractivity contribution in [2.24, 2.45) is 0 Å². The van der Waals surface area contributed by atoms with Gasteiger partial charge in [0.2, 0.25) is 5.91 Å².